The minimum Gasteiger partial charge on any atom is -0.0714 e. The predicted molar refractivity (Wildman–Crippen MR) is 62.4 cm³/mol. The van der Waals surface area contributed by atoms with E-state index < -0.39 is 0 Å². The van der Waals surface area contributed by atoms with Gasteiger partial charge in [0.25, 0.3) is 0 Å². The van der Waals surface area contributed by atoms with Crippen LogP contribution in [0.3, 0.4) is 0 Å². The molecule has 0 nitrogen and oxygen atoms in total. The zero-order valence-corrected chi connectivity index (χ0v) is 11.1. The topological polar surface area (TPSA) is 0 Å². The standard InChI is InChI=1S/C11H16Br2/c12-11(13)9-5-1-2-6-10(9,11)8-4-3-7-9/h1-8H2. The number of hydrogen-bond acceptors (Lipinski definition) is 0. The molecule has 0 unspecified atom stereocenters. The zero-order valence-electron chi connectivity index (χ0n) is 7.91. The monoisotopic (exact) mass is 306 g/mol. The summed E-state index contributed by atoms with van der Waals surface area (Å²) in [6.45, 7) is 0. The number of halogens is 2. The van der Waals surface area contributed by atoms with Crippen LogP contribution in [0, 0.1) is 10.8 Å². The molecule has 0 radical (unpaired) electrons. The molecule has 13 heavy (non-hydrogen) atoms. The van der Waals surface area contributed by atoms with Crippen LogP contribution >= 0.6 is 31.9 Å². The SMILES string of the molecule is BrC1(Br)C23CCCCC12CCCC3. The molecule has 0 aromatic carbocycles. The fourth-order valence-corrected chi connectivity index (χ4v) is 7.19. The van der Waals surface area contributed by atoms with Crippen molar-refractivity contribution in [2.75, 3.05) is 0 Å². The van der Waals surface area contributed by atoms with E-state index >= 15 is 0 Å². The van der Waals surface area contributed by atoms with Crippen LogP contribution in [-0.4, -0.2) is 3.23 Å². The molecular weight excluding hydrogens is 292 g/mol. The Morgan fingerprint density at radius 1 is 0.615 bits per heavy atom. The molecule has 0 N–H and O–H groups in total. The summed E-state index contributed by atoms with van der Waals surface area (Å²) in [6.07, 6.45) is 11.7. The second-order valence-electron chi connectivity index (χ2n) is 5.15. The van der Waals surface area contributed by atoms with Crippen molar-refractivity contribution in [3.8, 4) is 0 Å². The maximum absolute atomic E-state index is 3.97. The minimum absolute atomic E-state index is 0.326. The largest absolute Gasteiger partial charge is 0.0929 e. The molecule has 2 heteroatoms. The van der Waals surface area contributed by atoms with Crippen LogP contribution in [0.4, 0.5) is 0 Å². The summed E-state index contributed by atoms with van der Waals surface area (Å²) >= 11 is 7.94. The van der Waals surface area contributed by atoms with Gasteiger partial charge in [0.1, 0.15) is 0 Å². The van der Waals surface area contributed by atoms with Gasteiger partial charge in [-0.15, -0.1) is 0 Å². The molecule has 3 aliphatic rings. The molecule has 3 rings (SSSR count). The van der Waals surface area contributed by atoms with Gasteiger partial charge in [-0.3, -0.25) is 0 Å². The van der Waals surface area contributed by atoms with Crippen LogP contribution < -0.4 is 0 Å². The highest BCUT2D eigenvalue weighted by Crippen LogP contribution is 2.89. The molecule has 74 valence electrons. The van der Waals surface area contributed by atoms with E-state index in [1.165, 1.54) is 51.4 Å². The Morgan fingerprint density at radius 3 is 1.23 bits per heavy atom. The first-order valence-electron chi connectivity index (χ1n) is 5.54. The molecule has 0 aromatic heterocycles. The van der Waals surface area contributed by atoms with Gasteiger partial charge in [0, 0.05) is 10.8 Å². The molecule has 0 amide bonds. The van der Waals surface area contributed by atoms with Crippen LogP contribution in [0.2, 0.25) is 0 Å². The third-order valence-corrected chi connectivity index (χ3v) is 8.01. The summed E-state index contributed by atoms with van der Waals surface area (Å²) in [4.78, 5) is 0. The Labute approximate surface area is 97.1 Å². The van der Waals surface area contributed by atoms with Crippen LogP contribution in [0.15, 0.2) is 0 Å². The van der Waals surface area contributed by atoms with Gasteiger partial charge in [-0.05, 0) is 25.7 Å². The predicted octanol–water partition coefficient (Wildman–Crippen LogP) is 4.61. The zero-order chi connectivity index (χ0) is 9.16. The average Bonchev–Trinajstić information content (AvgIpc) is 2.61. The lowest BCUT2D eigenvalue weighted by Gasteiger charge is -2.33. The van der Waals surface area contributed by atoms with Crippen molar-refractivity contribution in [3.05, 3.63) is 0 Å². The minimum atomic E-state index is 0.326. The van der Waals surface area contributed by atoms with Gasteiger partial charge in [-0.2, -0.15) is 0 Å². The van der Waals surface area contributed by atoms with E-state index in [1.807, 2.05) is 0 Å². The molecule has 3 fully saturated rings. The first kappa shape index (κ1) is 9.21. The molecule has 0 atom stereocenters. The summed E-state index contributed by atoms with van der Waals surface area (Å²) in [6, 6.07) is 0. The second kappa shape index (κ2) is 2.55. The van der Waals surface area contributed by atoms with Gasteiger partial charge >= 0.3 is 0 Å². The summed E-state index contributed by atoms with van der Waals surface area (Å²) in [5.41, 5.74) is 1.30. The maximum atomic E-state index is 3.97. The van der Waals surface area contributed by atoms with Gasteiger partial charge in [-0.25, -0.2) is 0 Å². The van der Waals surface area contributed by atoms with Crippen molar-refractivity contribution in [1.29, 1.82) is 0 Å². The van der Waals surface area contributed by atoms with E-state index in [0.29, 0.717) is 14.1 Å². The molecule has 0 spiro atoms. The normalized spacial score (nSPS) is 52.2. The fourth-order valence-electron chi connectivity index (χ4n) is 4.28. The quantitative estimate of drug-likeness (QED) is 0.573. The van der Waals surface area contributed by atoms with Crippen LogP contribution in [0.1, 0.15) is 51.4 Å². The van der Waals surface area contributed by atoms with Gasteiger partial charge < -0.3 is 0 Å². The van der Waals surface area contributed by atoms with E-state index in [0.717, 1.165) is 0 Å². The smallest absolute Gasteiger partial charge is 0.0714 e. The van der Waals surface area contributed by atoms with E-state index in [2.05, 4.69) is 31.9 Å². The van der Waals surface area contributed by atoms with Crippen molar-refractivity contribution in [2.45, 2.75) is 54.6 Å². The summed E-state index contributed by atoms with van der Waals surface area (Å²) in [5.74, 6) is 0. The highest BCUT2D eigenvalue weighted by Gasteiger charge is 2.84. The highest BCUT2D eigenvalue weighted by atomic mass is 79.9. The molecule has 0 saturated heterocycles. The first-order valence-corrected chi connectivity index (χ1v) is 7.13. The van der Waals surface area contributed by atoms with E-state index in [1.54, 1.807) is 0 Å². The number of hydrogen-bond donors (Lipinski definition) is 0. The molecule has 3 aliphatic carbocycles. The lowest BCUT2D eigenvalue weighted by molar-refractivity contribution is 0.171. The van der Waals surface area contributed by atoms with E-state index in [9.17, 15) is 0 Å². The second-order valence-corrected chi connectivity index (χ2v) is 8.60. The van der Waals surface area contributed by atoms with Gasteiger partial charge in [-0.1, -0.05) is 57.5 Å². The van der Waals surface area contributed by atoms with E-state index in [4.69, 9.17) is 0 Å². The van der Waals surface area contributed by atoms with Gasteiger partial charge in [0.2, 0.25) is 0 Å². The summed E-state index contributed by atoms with van der Waals surface area (Å²) in [7, 11) is 0. The Morgan fingerprint density at radius 2 is 0.923 bits per heavy atom. The third-order valence-electron chi connectivity index (χ3n) is 4.97. The Hall–Kier alpha value is 0.960. The lowest BCUT2D eigenvalue weighted by atomic mass is 9.71. The molecule has 0 bridgehead atoms. The number of alkyl halides is 2. The van der Waals surface area contributed by atoms with Crippen LogP contribution in [0.5, 0.6) is 0 Å². The highest BCUT2D eigenvalue weighted by molar-refractivity contribution is 9.25. The Bertz CT molecular complexity index is 208. The molecule has 3 saturated carbocycles. The Kier molecular flexibility index (Phi) is 1.81. The fraction of sp³-hybridized carbons (Fsp3) is 1.00. The van der Waals surface area contributed by atoms with Crippen molar-refractivity contribution in [2.24, 2.45) is 10.8 Å². The molecule has 0 heterocycles. The van der Waals surface area contributed by atoms with E-state index in [-0.39, 0.29) is 0 Å². The maximum Gasteiger partial charge on any atom is 0.0929 e. The number of rotatable bonds is 0. The van der Waals surface area contributed by atoms with Crippen molar-refractivity contribution in [3.63, 3.8) is 0 Å². The molecule has 0 aromatic rings. The van der Waals surface area contributed by atoms with Crippen molar-refractivity contribution in [1.82, 2.24) is 0 Å². The van der Waals surface area contributed by atoms with Gasteiger partial charge in [0.15, 0.2) is 0 Å². The molecule has 0 aliphatic heterocycles. The first-order chi connectivity index (χ1) is 6.16. The van der Waals surface area contributed by atoms with Crippen molar-refractivity contribution >= 4 is 31.9 Å². The van der Waals surface area contributed by atoms with Crippen molar-refractivity contribution < 1.29 is 0 Å². The summed E-state index contributed by atoms with van der Waals surface area (Å²) < 4.78 is 0.326. The van der Waals surface area contributed by atoms with Gasteiger partial charge in [0.05, 0.1) is 3.23 Å². The average molecular weight is 308 g/mol. The third kappa shape index (κ3) is 0.806. The summed E-state index contributed by atoms with van der Waals surface area (Å²) in [5, 5.41) is 0. The Balaban J connectivity index is 2.02. The lowest BCUT2D eigenvalue weighted by Crippen LogP contribution is -2.22. The molecular formula is C11H16Br2. The van der Waals surface area contributed by atoms with Crippen LogP contribution in [0.25, 0.3) is 0 Å². The van der Waals surface area contributed by atoms with Crippen LogP contribution in [-0.2, 0) is 0 Å².